The summed E-state index contributed by atoms with van der Waals surface area (Å²) in [6, 6.07) is 16.0. The van der Waals surface area contributed by atoms with Gasteiger partial charge in [0.05, 0.1) is 12.1 Å². The van der Waals surface area contributed by atoms with Gasteiger partial charge in [-0.15, -0.1) is 0 Å². The van der Waals surface area contributed by atoms with Crippen molar-refractivity contribution in [1.29, 1.82) is 0 Å². The van der Waals surface area contributed by atoms with Gasteiger partial charge in [-0.25, -0.2) is 4.98 Å². The molecule has 0 fully saturated rings. The van der Waals surface area contributed by atoms with Gasteiger partial charge in [-0.1, -0.05) is 12.1 Å². The lowest BCUT2D eigenvalue weighted by atomic mass is 10.1. The van der Waals surface area contributed by atoms with Crippen molar-refractivity contribution in [3.05, 3.63) is 54.7 Å². The summed E-state index contributed by atoms with van der Waals surface area (Å²) in [4.78, 5) is 4.31. The molecule has 0 unspecified atom stereocenters. The molecule has 2 aromatic heterocycles. The molecule has 0 bridgehead atoms. The summed E-state index contributed by atoms with van der Waals surface area (Å²) < 4.78 is 10.7. The van der Waals surface area contributed by atoms with Crippen LogP contribution in [0.5, 0.6) is 5.88 Å². The first kappa shape index (κ1) is 15.4. The lowest BCUT2D eigenvalue weighted by Gasteiger charge is -2.09. The molecule has 0 saturated heterocycles. The van der Waals surface area contributed by atoms with Gasteiger partial charge in [0.15, 0.2) is 5.82 Å². The van der Waals surface area contributed by atoms with Gasteiger partial charge in [0.1, 0.15) is 6.61 Å². The lowest BCUT2D eigenvalue weighted by Crippen LogP contribution is -2.05. The Balaban J connectivity index is 1.63. The van der Waals surface area contributed by atoms with E-state index < -0.39 is 0 Å². The molecule has 0 radical (unpaired) electrons. The zero-order valence-electron chi connectivity index (χ0n) is 13.8. The molecule has 6 nitrogen and oxygen atoms in total. The average Bonchev–Trinajstić information content (AvgIpc) is 3.05. The van der Waals surface area contributed by atoms with Crippen LogP contribution in [-0.2, 0) is 4.74 Å². The number of anilines is 2. The number of aromatic nitrogens is 3. The van der Waals surface area contributed by atoms with E-state index in [1.54, 1.807) is 13.3 Å². The van der Waals surface area contributed by atoms with Crippen molar-refractivity contribution in [2.24, 2.45) is 0 Å². The molecule has 4 aromatic rings. The number of methoxy groups -OCH3 is 1. The van der Waals surface area contributed by atoms with Crippen molar-refractivity contribution in [2.45, 2.75) is 0 Å². The predicted molar refractivity (Wildman–Crippen MR) is 98.5 cm³/mol. The number of nitrogens with zero attached hydrogens (tertiary/aromatic N) is 2. The zero-order chi connectivity index (χ0) is 17.1. The Hall–Kier alpha value is -3.12. The van der Waals surface area contributed by atoms with Gasteiger partial charge in [0.25, 0.3) is 0 Å². The van der Waals surface area contributed by atoms with E-state index >= 15 is 0 Å². The van der Waals surface area contributed by atoms with Crippen LogP contribution in [0.25, 0.3) is 21.7 Å². The number of rotatable bonds is 6. The third kappa shape index (κ3) is 3.12. The Bertz CT molecular complexity index is 1010. The molecular formula is C19H18N4O2. The topological polar surface area (TPSA) is 72.1 Å². The maximum Gasteiger partial charge on any atom is 0.221 e. The van der Waals surface area contributed by atoms with Crippen LogP contribution in [0, 0.1) is 0 Å². The van der Waals surface area contributed by atoms with Crippen molar-refractivity contribution < 1.29 is 9.47 Å². The fourth-order valence-corrected chi connectivity index (χ4v) is 2.76. The average molecular weight is 334 g/mol. The normalized spacial score (nSPS) is 11.1. The number of fused-ring (bicyclic) bond motifs is 2. The molecule has 0 atom stereocenters. The number of aromatic amines is 1. The van der Waals surface area contributed by atoms with Crippen LogP contribution in [0.1, 0.15) is 0 Å². The van der Waals surface area contributed by atoms with Crippen LogP contribution < -0.4 is 10.1 Å². The lowest BCUT2D eigenvalue weighted by molar-refractivity contribution is 0.144. The Morgan fingerprint density at radius 2 is 1.96 bits per heavy atom. The van der Waals surface area contributed by atoms with Crippen LogP contribution in [0.3, 0.4) is 0 Å². The van der Waals surface area contributed by atoms with Crippen molar-refractivity contribution in [3.8, 4) is 5.88 Å². The second kappa shape index (κ2) is 6.78. The minimum absolute atomic E-state index is 0.474. The number of nitrogens with one attached hydrogen (secondary N) is 2. The van der Waals surface area contributed by atoms with Crippen molar-refractivity contribution in [3.63, 3.8) is 0 Å². The van der Waals surface area contributed by atoms with Crippen LogP contribution in [-0.4, -0.2) is 35.5 Å². The number of benzene rings is 2. The van der Waals surface area contributed by atoms with Crippen LogP contribution in [0.2, 0.25) is 0 Å². The first-order chi connectivity index (χ1) is 12.3. The predicted octanol–water partition coefficient (Wildman–Crippen LogP) is 3.88. The van der Waals surface area contributed by atoms with E-state index in [4.69, 9.17) is 9.47 Å². The number of hydrogen-bond donors (Lipinski definition) is 2. The first-order valence-corrected chi connectivity index (χ1v) is 8.06. The molecule has 0 spiro atoms. The largest absolute Gasteiger partial charge is 0.475 e. The highest BCUT2D eigenvalue weighted by Gasteiger charge is 2.08. The minimum Gasteiger partial charge on any atom is -0.475 e. The van der Waals surface area contributed by atoms with E-state index in [9.17, 15) is 0 Å². The molecule has 0 aliphatic heterocycles. The van der Waals surface area contributed by atoms with Gasteiger partial charge in [-0.3, -0.25) is 5.10 Å². The maximum absolute atomic E-state index is 5.69. The number of pyridine rings is 1. The van der Waals surface area contributed by atoms with Gasteiger partial charge < -0.3 is 14.8 Å². The SMILES string of the molecule is COCCOc1nccc2cc(Nc3n[nH]c4ccccc34)ccc12. The van der Waals surface area contributed by atoms with Crippen LogP contribution >= 0.6 is 0 Å². The molecule has 0 amide bonds. The summed E-state index contributed by atoms with van der Waals surface area (Å²) in [5.41, 5.74) is 1.96. The standard InChI is InChI=1S/C19H18N4O2/c1-24-10-11-25-19-15-7-6-14(12-13(15)8-9-20-19)21-18-16-4-2-3-5-17(16)22-23-18/h2-9,12H,10-11H2,1H3,(H2,21,22,23). The Morgan fingerprint density at radius 1 is 1.04 bits per heavy atom. The monoisotopic (exact) mass is 334 g/mol. The van der Waals surface area contributed by atoms with E-state index in [0.29, 0.717) is 19.1 Å². The summed E-state index contributed by atoms with van der Waals surface area (Å²) >= 11 is 0. The molecule has 0 saturated carbocycles. The minimum atomic E-state index is 0.474. The molecule has 4 rings (SSSR count). The van der Waals surface area contributed by atoms with Crippen molar-refractivity contribution in [1.82, 2.24) is 15.2 Å². The van der Waals surface area contributed by atoms with Crippen LogP contribution in [0.15, 0.2) is 54.7 Å². The Morgan fingerprint density at radius 3 is 2.88 bits per heavy atom. The Labute approximate surface area is 144 Å². The highest BCUT2D eigenvalue weighted by molar-refractivity contribution is 5.94. The second-order valence-electron chi connectivity index (χ2n) is 5.64. The highest BCUT2D eigenvalue weighted by atomic mass is 16.5. The van der Waals surface area contributed by atoms with Crippen LogP contribution in [0.4, 0.5) is 11.5 Å². The fraction of sp³-hybridized carbons (Fsp3) is 0.158. The maximum atomic E-state index is 5.69. The molecule has 25 heavy (non-hydrogen) atoms. The smallest absolute Gasteiger partial charge is 0.221 e. The third-order valence-electron chi connectivity index (χ3n) is 3.99. The molecular weight excluding hydrogens is 316 g/mol. The van der Waals surface area contributed by atoms with Gasteiger partial charge in [0.2, 0.25) is 5.88 Å². The number of H-pyrrole nitrogens is 1. The van der Waals surface area contributed by atoms with E-state index in [-0.39, 0.29) is 0 Å². The summed E-state index contributed by atoms with van der Waals surface area (Å²) in [5, 5.41) is 13.8. The fourth-order valence-electron chi connectivity index (χ4n) is 2.76. The van der Waals surface area contributed by atoms with E-state index in [1.807, 2.05) is 42.5 Å². The third-order valence-corrected chi connectivity index (χ3v) is 3.99. The quantitative estimate of drug-likeness (QED) is 0.524. The number of para-hydroxylation sites is 1. The van der Waals surface area contributed by atoms with Gasteiger partial charge in [0, 0.05) is 29.8 Å². The first-order valence-electron chi connectivity index (χ1n) is 8.06. The van der Waals surface area contributed by atoms with Gasteiger partial charge in [-0.05, 0) is 41.8 Å². The zero-order valence-corrected chi connectivity index (χ0v) is 13.8. The van der Waals surface area contributed by atoms with Gasteiger partial charge >= 0.3 is 0 Å². The van der Waals surface area contributed by atoms with E-state index in [0.717, 1.165) is 33.2 Å². The second-order valence-corrected chi connectivity index (χ2v) is 5.64. The molecule has 2 aromatic carbocycles. The molecule has 6 heteroatoms. The van der Waals surface area contributed by atoms with E-state index in [1.165, 1.54) is 0 Å². The van der Waals surface area contributed by atoms with Gasteiger partial charge in [-0.2, -0.15) is 5.10 Å². The van der Waals surface area contributed by atoms with E-state index in [2.05, 4.69) is 26.6 Å². The number of hydrogen-bond acceptors (Lipinski definition) is 5. The molecule has 2 heterocycles. The Kier molecular flexibility index (Phi) is 4.18. The highest BCUT2D eigenvalue weighted by Crippen LogP contribution is 2.29. The molecule has 0 aliphatic carbocycles. The summed E-state index contributed by atoms with van der Waals surface area (Å²) in [6.45, 7) is 1.01. The van der Waals surface area contributed by atoms with Crippen molar-refractivity contribution >= 4 is 33.2 Å². The number of ether oxygens (including phenoxy) is 2. The molecule has 2 N–H and O–H groups in total. The summed E-state index contributed by atoms with van der Waals surface area (Å²) in [6.07, 6.45) is 1.75. The van der Waals surface area contributed by atoms with Crippen molar-refractivity contribution in [2.75, 3.05) is 25.6 Å². The summed E-state index contributed by atoms with van der Waals surface area (Å²) in [7, 11) is 1.65. The molecule has 126 valence electrons. The molecule has 0 aliphatic rings. The summed E-state index contributed by atoms with van der Waals surface area (Å²) in [5.74, 6) is 1.42.